The maximum Gasteiger partial charge on any atom is 0.240 e. The number of fused-ring (bicyclic) bond motifs is 2. The predicted octanol–water partition coefficient (Wildman–Crippen LogP) is 1.24. The molecule has 1 aromatic rings. The average molecular weight is 274 g/mol. The van der Waals surface area contributed by atoms with Crippen LogP contribution >= 0.6 is 0 Å². The standard InChI is InChI=1S/C16H22N2O2/c19-10-4-9-17-12-14-7-8-15(16(17)20)18(14)11-13-5-2-1-3-6-13/h1-3,5-6,14-15,19H,4,7-12H2. The van der Waals surface area contributed by atoms with E-state index in [1.165, 1.54) is 5.56 Å². The van der Waals surface area contributed by atoms with E-state index in [4.69, 9.17) is 5.11 Å². The van der Waals surface area contributed by atoms with Crippen LogP contribution in [0.5, 0.6) is 0 Å². The van der Waals surface area contributed by atoms with Crippen molar-refractivity contribution in [2.45, 2.75) is 37.9 Å². The van der Waals surface area contributed by atoms with Crippen LogP contribution in [0.3, 0.4) is 0 Å². The van der Waals surface area contributed by atoms with Crippen LogP contribution in [0.2, 0.25) is 0 Å². The van der Waals surface area contributed by atoms with E-state index in [-0.39, 0.29) is 18.6 Å². The molecule has 2 aliphatic heterocycles. The lowest BCUT2D eigenvalue weighted by Crippen LogP contribution is -2.56. The van der Waals surface area contributed by atoms with Gasteiger partial charge in [-0.05, 0) is 24.8 Å². The molecule has 2 bridgehead atoms. The van der Waals surface area contributed by atoms with Gasteiger partial charge in [-0.3, -0.25) is 9.69 Å². The number of piperazine rings is 1. The zero-order chi connectivity index (χ0) is 13.9. The van der Waals surface area contributed by atoms with Gasteiger partial charge in [0.25, 0.3) is 0 Å². The zero-order valence-corrected chi connectivity index (χ0v) is 11.7. The number of carbonyl (C=O) groups excluding carboxylic acids is 1. The van der Waals surface area contributed by atoms with Gasteiger partial charge in [-0.1, -0.05) is 30.3 Å². The van der Waals surface area contributed by atoms with E-state index in [2.05, 4.69) is 29.2 Å². The molecule has 1 N–H and O–H groups in total. The molecular formula is C16H22N2O2. The Hall–Kier alpha value is -1.39. The number of carbonyl (C=O) groups is 1. The van der Waals surface area contributed by atoms with Crippen molar-refractivity contribution in [2.24, 2.45) is 0 Å². The Balaban J connectivity index is 1.69. The van der Waals surface area contributed by atoms with E-state index in [9.17, 15) is 4.79 Å². The number of aliphatic hydroxyl groups is 1. The van der Waals surface area contributed by atoms with Crippen LogP contribution in [0.15, 0.2) is 30.3 Å². The molecule has 2 fully saturated rings. The molecule has 0 radical (unpaired) electrons. The maximum absolute atomic E-state index is 12.5. The largest absolute Gasteiger partial charge is 0.396 e. The highest BCUT2D eigenvalue weighted by atomic mass is 16.3. The summed E-state index contributed by atoms with van der Waals surface area (Å²) in [6, 6.07) is 10.9. The van der Waals surface area contributed by atoms with Crippen molar-refractivity contribution in [1.82, 2.24) is 9.80 Å². The molecule has 20 heavy (non-hydrogen) atoms. The second kappa shape index (κ2) is 5.94. The fourth-order valence-corrected chi connectivity index (χ4v) is 3.45. The van der Waals surface area contributed by atoms with Gasteiger partial charge in [0, 0.05) is 32.3 Å². The van der Waals surface area contributed by atoms with E-state index in [1.807, 2.05) is 11.0 Å². The Labute approximate surface area is 120 Å². The molecule has 3 rings (SSSR count). The minimum Gasteiger partial charge on any atom is -0.396 e. The van der Waals surface area contributed by atoms with E-state index in [0.29, 0.717) is 19.0 Å². The summed E-state index contributed by atoms with van der Waals surface area (Å²) in [5.41, 5.74) is 1.28. The third-order valence-electron chi connectivity index (χ3n) is 4.46. The van der Waals surface area contributed by atoms with Crippen LogP contribution in [0.1, 0.15) is 24.8 Å². The first-order chi connectivity index (χ1) is 9.79. The van der Waals surface area contributed by atoms with Gasteiger partial charge in [0.1, 0.15) is 0 Å². The van der Waals surface area contributed by atoms with Crippen LogP contribution in [0.25, 0.3) is 0 Å². The van der Waals surface area contributed by atoms with Gasteiger partial charge >= 0.3 is 0 Å². The average Bonchev–Trinajstić information content (AvgIpc) is 2.78. The van der Waals surface area contributed by atoms with Crippen LogP contribution < -0.4 is 0 Å². The Morgan fingerprint density at radius 3 is 2.75 bits per heavy atom. The maximum atomic E-state index is 12.5. The second-order valence-corrected chi connectivity index (χ2v) is 5.77. The highest BCUT2D eigenvalue weighted by Gasteiger charge is 2.44. The van der Waals surface area contributed by atoms with Crippen molar-refractivity contribution < 1.29 is 9.90 Å². The smallest absolute Gasteiger partial charge is 0.240 e. The molecule has 2 saturated heterocycles. The number of hydrogen-bond donors (Lipinski definition) is 1. The number of nitrogens with zero attached hydrogens (tertiary/aromatic N) is 2. The van der Waals surface area contributed by atoms with Crippen molar-refractivity contribution in [3.63, 3.8) is 0 Å². The van der Waals surface area contributed by atoms with E-state index in [1.54, 1.807) is 0 Å². The summed E-state index contributed by atoms with van der Waals surface area (Å²) in [5.74, 6) is 0.253. The number of amides is 1. The van der Waals surface area contributed by atoms with Gasteiger partial charge in [0.05, 0.1) is 6.04 Å². The molecule has 1 amide bonds. The van der Waals surface area contributed by atoms with Gasteiger partial charge < -0.3 is 10.0 Å². The monoisotopic (exact) mass is 274 g/mol. The molecule has 0 aromatic heterocycles. The molecule has 2 atom stereocenters. The number of rotatable bonds is 5. The molecule has 4 heteroatoms. The highest BCUT2D eigenvalue weighted by molar-refractivity contribution is 5.83. The van der Waals surface area contributed by atoms with Gasteiger partial charge in [-0.2, -0.15) is 0 Å². The first kappa shape index (κ1) is 13.6. The molecule has 1 aromatic carbocycles. The molecule has 2 unspecified atom stereocenters. The predicted molar refractivity (Wildman–Crippen MR) is 77.1 cm³/mol. The number of likely N-dealkylation sites (tertiary alicyclic amines) is 1. The van der Waals surface area contributed by atoms with Gasteiger partial charge in [0.15, 0.2) is 0 Å². The van der Waals surface area contributed by atoms with Crippen LogP contribution in [-0.4, -0.2) is 52.6 Å². The molecule has 4 nitrogen and oxygen atoms in total. The second-order valence-electron chi connectivity index (χ2n) is 5.77. The fraction of sp³-hybridized carbons (Fsp3) is 0.562. The summed E-state index contributed by atoms with van der Waals surface area (Å²) in [5, 5.41) is 8.93. The molecule has 2 aliphatic rings. The van der Waals surface area contributed by atoms with Crippen molar-refractivity contribution in [1.29, 1.82) is 0 Å². The molecule has 0 aliphatic carbocycles. The van der Waals surface area contributed by atoms with Crippen LogP contribution in [0.4, 0.5) is 0 Å². The first-order valence-corrected chi connectivity index (χ1v) is 7.49. The van der Waals surface area contributed by atoms with Gasteiger partial charge in [-0.25, -0.2) is 0 Å². The molecule has 0 saturated carbocycles. The summed E-state index contributed by atoms with van der Waals surface area (Å²) in [6.45, 7) is 2.55. The SMILES string of the molecule is O=C1C2CCC(CN1CCCO)N2Cc1ccccc1. The Morgan fingerprint density at radius 2 is 2.00 bits per heavy atom. The van der Waals surface area contributed by atoms with Crippen molar-refractivity contribution in [3.8, 4) is 0 Å². The summed E-state index contributed by atoms with van der Waals surface area (Å²) in [6.07, 6.45) is 2.77. The quantitative estimate of drug-likeness (QED) is 0.878. The highest BCUT2D eigenvalue weighted by Crippen LogP contribution is 2.32. The molecular weight excluding hydrogens is 252 g/mol. The molecule has 2 heterocycles. The van der Waals surface area contributed by atoms with Crippen molar-refractivity contribution in [3.05, 3.63) is 35.9 Å². The Morgan fingerprint density at radius 1 is 1.20 bits per heavy atom. The Bertz CT molecular complexity index is 463. The molecule has 0 spiro atoms. The number of hydrogen-bond acceptors (Lipinski definition) is 3. The van der Waals surface area contributed by atoms with E-state index < -0.39 is 0 Å². The zero-order valence-electron chi connectivity index (χ0n) is 11.7. The Kier molecular flexibility index (Phi) is 4.03. The lowest BCUT2D eigenvalue weighted by Gasteiger charge is -2.40. The minimum atomic E-state index is 0.0487. The van der Waals surface area contributed by atoms with Crippen molar-refractivity contribution in [2.75, 3.05) is 19.7 Å². The van der Waals surface area contributed by atoms with E-state index in [0.717, 1.165) is 25.9 Å². The summed E-state index contributed by atoms with van der Waals surface area (Å²) in [4.78, 5) is 16.8. The van der Waals surface area contributed by atoms with Crippen LogP contribution in [0, 0.1) is 0 Å². The lowest BCUT2D eigenvalue weighted by molar-refractivity contribution is -0.142. The summed E-state index contributed by atoms with van der Waals surface area (Å²) >= 11 is 0. The fourth-order valence-electron chi connectivity index (χ4n) is 3.45. The molecule has 108 valence electrons. The summed E-state index contributed by atoms with van der Waals surface area (Å²) < 4.78 is 0. The minimum absolute atomic E-state index is 0.0487. The van der Waals surface area contributed by atoms with Crippen LogP contribution in [-0.2, 0) is 11.3 Å². The van der Waals surface area contributed by atoms with E-state index >= 15 is 0 Å². The first-order valence-electron chi connectivity index (χ1n) is 7.49. The number of aliphatic hydroxyl groups excluding tert-OH is 1. The third kappa shape index (κ3) is 2.58. The van der Waals surface area contributed by atoms with Gasteiger partial charge in [0.2, 0.25) is 5.91 Å². The third-order valence-corrected chi connectivity index (χ3v) is 4.46. The van der Waals surface area contributed by atoms with Gasteiger partial charge in [-0.15, -0.1) is 0 Å². The summed E-state index contributed by atoms with van der Waals surface area (Å²) in [7, 11) is 0. The lowest BCUT2D eigenvalue weighted by atomic mass is 10.1. The van der Waals surface area contributed by atoms with Crippen molar-refractivity contribution >= 4 is 5.91 Å². The normalized spacial score (nSPS) is 26.2. The topological polar surface area (TPSA) is 43.8 Å². The number of benzene rings is 1.